The smallest absolute Gasteiger partial charge is 0.254 e. The van der Waals surface area contributed by atoms with Crippen molar-refractivity contribution >= 4 is 5.91 Å². The molecular formula is C9H18N2O2. The number of aliphatic hydroxyl groups is 1. The lowest BCUT2D eigenvalue weighted by atomic mass is 10.1. The Morgan fingerprint density at radius 3 is 2.77 bits per heavy atom. The van der Waals surface area contributed by atoms with Crippen molar-refractivity contribution in [1.29, 1.82) is 0 Å². The van der Waals surface area contributed by atoms with Crippen LogP contribution in [0, 0.1) is 0 Å². The summed E-state index contributed by atoms with van der Waals surface area (Å²) in [5.41, 5.74) is 4.26. The van der Waals surface area contributed by atoms with Crippen LogP contribution in [-0.2, 0) is 4.79 Å². The SMILES string of the molecule is CC(C)(O)C(=O)N1CCC[C@@H]1CN. The maximum Gasteiger partial charge on any atom is 0.254 e. The average Bonchev–Trinajstić information content (AvgIpc) is 2.48. The summed E-state index contributed by atoms with van der Waals surface area (Å²) in [6, 6.07) is 0.124. The summed E-state index contributed by atoms with van der Waals surface area (Å²) in [5.74, 6) is -0.208. The monoisotopic (exact) mass is 186 g/mol. The zero-order chi connectivity index (χ0) is 10.1. The van der Waals surface area contributed by atoms with Crippen molar-refractivity contribution in [2.45, 2.75) is 38.3 Å². The van der Waals surface area contributed by atoms with Gasteiger partial charge in [0.1, 0.15) is 5.60 Å². The van der Waals surface area contributed by atoms with E-state index in [1.165, 1.54) is 13.8 Å². The minimum atomic E-state index is -1.27. The molecule has 4 heteroatoms. The molecule has 3 N–H and O–H groups in total. The third kappa shape index (κ3) is 2.19. The molecule has 76 valence electrons. The molecule has 1 rings (SSSR count). The molecule has 0 spiro atoms. The van der Waals surface area contributed by atoms with Crippen LogP contribution in [0.15, 0.2) is 0 Å². The predicted molar refractivity (Wildman–Crippen MR) is 50.1 cm³/mol. The molecule has 0 unspecified atom stereocenters. The average molecular weight is 186 g/mol. The van der Waals surface area contributed by atoms with E-state index in [0.29, 0.717) is 6.54 Å². The number of carbonyl (C=O) groups excluding carboxylic acids is 1. The second-order valence-corrected chi connectivity index (χ2v) is 4.09. The van der Waals surface area contributed by atoms with Gasteiger partial charge in [0.2, 0.25) is 0 Å². The van der Waals surface area contributed by atoms with Gasteiger partial charge in [-0.25, -0.2) is 0 Å². The minimum absolute atomic E-state index is 0.124. The number of likely N-dealkylation sites (tertiary alicyclic amines) is 1. The van der Waals surface area contributed by atoms with E-state index in [1.807, 2.05) is 0 Å². The van der Waals surface area contributed by atoms with E-state index in [9.17, 15) is 9.90 Å². The highest BCUT2D eigenvalue weighted by Gasteiger charge is 2.35. The Bertz CT molecular complexity index is 198. The lowest BCUT2D eigenvalue weighted by Crippen LogP contribution is -2.49. The highest BCUT2D eigenvalue weighted by molar-refractivity contribution is 5.84. The molecule has 1 atom stereocenters. The van der Waals surface area contributed by atoms with Crippen LogP contribution in [0.1, 0.15) is 26.7 Å². The molecule has 1 aliphatic heterocycles. The third-order valence-electron chi connectivity index (χ3n) is 2.43. The number of nitrogens with two attached hydrogens (primary N) is 1. The van der Waals surface area contributed by atoms with Gasteiger partial charge in [0.15, 0.2) is 0 Å². The molecule has 0 aromatic heterocycles. The van der Waals surface area contributed by atoms with Crippen LogP contribution in [-0.4, -0.2) is 40.6 Å². The summed E-state index contributed by atoms with van der Waals surface area (Å²) in [7, 11) is 0. The van der Waals surface area contributed by atoms with Crippen LogP contribution >= 0.6 is 0 Å². The van der Waals surface area contributed by atoms with Gasteiger partial charge in [0.25, 0.3) is 5.91 Å². The summed E-state index contributed by atoms with van der Waals surface area (Å²) in [6.45, 7) is 4.25. The van der Waals surface area contributed by atoms with Crippen LogP contribution in [0.3, 0.4) is 0 Å². The van der Waals surface area contributed by atoms with Gasteiger partial charge >= 0.3 is 0 Å². The lowest BCUT2D eigenvalue weighted by molar-refractivity contribution is -0.148. The Kier molecular flexibility index (Phi) is 2.93. The Labute approximate surface area is 78.7 Å². The second-order valence-electron chi connectivity index (χ2n) is 4.09. The standard InChI is InChI=1S/C9H18N2O2/c1-9(2,13)8(12)11-5-3-4-7(11)6-10/h7,13H,3-6,10H2,1-2H3/t7-/m1/s1. The van der Waals surface area contributed by atoms with Crippen molar-refractivity contribution in [3.63, 3.8) is 0 Å². The van der Waals surface area contributed by atoms with Crippen LogP contribution in [0.5, 0.6) is 0 Å². The van der Waals surface area contributed by atoms with E-state index in [-0.39, 0.29) is 11.9 Å². The first-order valence-corrected chi connectivity index (χ1v) is 4.70. The number of hydrogen-bond acceptors (Lipinski definition) is 3. The summed E-state index contributed by atoms with van der Waals surface area (Å²) in [6.07, 6.45) is 1.95. The van der Waals surface area contributed by atoms with E-state index >= 15 is 0 Å². The van der Waals surface area contributed by atoms with Crippen molar-refractivity contribution in [1.82, 2.24) is 4.90 Å². The van der Waals surface area contributed by atoms with Gasteiger partial charge in [-0.3, -0.25) is 4.79 Å². The van der Waals surface area contributed by atoms with Crippen molar-refractivity contribution in [2.24, 2.45) is 5.73 Å². The second kappa shape index (κ2) is 3.64. The number of hydrogen-bond donors (Lipinski definition) is 2. The molecule has 13 heavy (non-hydrogen) atoms. The molecule has 4 nitrogen and oxygen atoms in total. The van der Waals surface area contributed by atoms with Crippen LogP contribution in [0.4, 0.5) is 0 Å². The first kappa shape index (κ1) is 10.5. The van der Waals surface area contributed by atoms with E-state index in [2.05, 4.69) is 0 Å². The Hall–Kier alpha value is -0.610. The van der Waals surface area contributed by atoms with Crippen LogP contribution < -0.4 is 5.73 Å². The lowest BCUT2D eigenvalue weighted by Gasteiger charge is -2.29. The molecule has 1 fully saturated rings. The van der Waals surface area contributed by atoms with Gasteiger partial charge in [-0.05, 0) is 26.7 Å². The molecule has 0 bridgehead atoms. The van der Waals surface area contributed by atoms with Crippen LogP contribution in [0.2, 0.25) is 0 Å². The first-order chi connectivity index (χ1) is 5.96. The quantitative estimate of drug-likeness (QED) is 0.622. The molecule has 1 saturated heterocycles. The summed E-state index contributed by atoms with van der Waals surface area (Å²) in [5, 5.41) is 9.53. The maximum absolute atomic E-state index is 11.7. The number of amides is 1. The van der Waals surface area contributed by atoms with Gasteiger partial charge in [0, 0.05) is 19.1 Å². The zero-order valence-corrected chi connectivity index (χ0v) is 8.29. The number of rotatable bonds is 2. The van der Waals surface area contributed by atoms with Crippen molar-refractivity contribution in [2.75, 3.05) is 13.1 Å². The molecule has 0 radical (unpaired) electrons. The summed E-state index contributed by atoms with van der Waals surface area (Å²) < 4.78 is 0. The number of nitrogens with zero attached hydrogens (tertiary/aromatic N) is 1. The molecule has 0 aliphatic carbocycles. The Morgan fingerprint density at radius 1 is 1.69 bits per heavy atom. The normalized spacial score (nSPS) is 23.7. The third-order valence-corrected chi connectivity index (χ3v) is 2.43. The first-order valence-electron chi connectivity index (χ1n) is 4.70. The molecular weight excluding hydrogens is 168 g/mol. The number of carbonyl (C=O) groups is 1. The topological polar surface area (TPSA) is 66.6 Å². The van der Waals surface area contributed by atoms with E-state index in [0.717, 1.165) is 19.4 Å². The van der Waals surface area contributed by atoms with Crippen molar-refractivity contribution in [3.05, 3.63) is 0 Å². The van der Waals surface area contributed by atoms with Gasteiger partial charge in [-0.15, -0.1) is 0 Å². The molecule has 0 aromatic rings. The highest BCUT2D eigenvalue weighted by atomic mass is 16.3. The summed E-state index contributed by atoms with van der Waals surface area (Å²) in [4.78, 5) is 13.4. The van der Waals surface area contributed by atoms with Gasteiger partial charge in [-0.1, -0.05) is 0 Å². The fourth-order valence-corrected chi connectivity index (χ4v) is 1.70. The fourth-order valence-electron chi connectivity index (χ4n) is 1.70. The van der Waals surface area contributed by atoms with Crippen molar-refractivity contribution < 1.29 is 9.90 Å². The molecule has 0 saturated carbocycles. The summed E-state index contributed by atoms with van der Waals surface area (Å²) >= 11 is 0. The minimum Gasteiger partial charge on any atom is -0.381 e. The van der Waals surface area contributed by atoms with Gasteiger partial charge < -0.3 is 15.7 Å². The largest absolute Gasteiger partial charge is 0.381 e. The van der Waals surface area contributed by atoms with Gasteiger partial charge in [-0.2, -0.15) is 0 Å². The highest BCUT2D eigenvalue weighted by Crippen LogP contribution is 2.20. The maximum atomic E-state index is 11.7. The molecule has 1 heterocycles. The van der Waals surface area contributed by atoms with Crippen molar-refractivity contribution in [3.8, 4) is 0 Å². The molecule has 1 amide bonds. The van der Waals surface area contributed by atoms with E-state index < -0.39 is 5.60 Å². The predicted octanol–water partition coefficient (Wildman–Crippen LogP) is -0.293. The Morgan fingerprint density at radius 2 is 2.31 bits per heavy atom. The molecule has 1 aliphatic rings. The van der Waals surface area contributed by atoms with E-state index in [1.54, 1.807) is 4.90 Å². The van der Waals surface area contributed by atoms with E-state index in [4.69, 9.17) is 5.73 Å². The molecule has 0 aromatic carbocycles. The van der Waals surface area contributed by atoms with Crippen LogP contribution in [0.25, 0.3) is 0 Å². The van der Waals surface area contributed by atoms with Gasteiger partial charge in [0.05, 0.1) is 0 Å². The zero-order valence-electron chi connectivity index (χ0n) is 8.29. The fraction of sp³-hybridized carbons (Fsp3) is 0.889. The Balaban J connectivity index is 2.66.